The molecular formula is C25H42IN7. The molecular weight excluding hydrogens is 525 g/mol. The Morgan fingerprint density at radius 1 is 0.970 bits per heavy atom. The maximum absolute atomic E-state index is 4.73. The number of hydrogen-bond acceptors (Lipinski definition) is 4. The molecule has 1 aliphatic heterocycles. The SMILES string of the molecule is CCNC(=NCCCn1nc(C)cc1C)NCCCCN1CCN(c2ccccc2)CC1.I. The number of rotatable bonds is 11. The van der Waals surface area contributed by atoms with Crippen LogP contribution >= 0.6 is 24.0 Å². The molecule has 0 spiro atoms. The highest BCUT2D eigenvalue weighted by molar-refractivity contribution is 14.0. The van der Waals surface area contributed by atoms with Gasteiger partial charge in [0.25, 0.3) is 0 Å². The van der Waals surface area contributed by atoms with Gasteiger partial charge in [0.05, 0.1) is 5.69 Å². The van der Waals surface area contributed by atoms with Gasteiger partial charge in [0.15, 0.2) is 5.96 Å². The molecule has 0 unspecified atom stereocenters. The van der Waals surface area contributed by atoms with Crippen LogP contribution in [0.5, 0.6) is 0 Å². The number of guanidine groups is 1. The number of hydrogen-bond donors (Lipinski definition) is 2. The van der Waals surface area contributed by atoms with Gasteiger partial charge in [0.1, 0.15) is 0 Å². The molecule has 2 heterocycles. The Kier molecular flexibility index (Phi) is 12.6. The molecule has 184 valence electrons. The maximum atomic E-state index is 4.73. The van der Waals surface area contributed by atoms with E-state index in [-0.39, 0.29) is 24.0 Å². The predicted octanol–water partition coefficient (Wildman–Crippen LogP) is 3.67. The Bertz CT molecular complexity index is 813. The zero-order chi connectivity index (χ0) is 22.6. The number of anilines is 1. The molecule has 0 atom stereocenters. The smallest absolute Gasteiger partial charge is 0.191 e. The monoisotopic (exact) mass is 567 g/mol. The Morgan fingerprint density at radius 2 is 1.73 bits per heavy atom. The molecule has 33 heavy (non-hydrogen) atoms. The number of halogens is 1. The van der Waals surface area contributed by atoms with Gasteiger partial charge in [-0.15, -0.1) is 24.0 Å². The van der Waals surface area contributed by atoms with Crippen LogP contribution in [0.1, 0.15) is 37.6 Å². The van der Waals surface area contributed by atoms with Gasteiger partial charge in [-0.1, -0.05) is 18.2 Å². The number of aromatic nitrogens is 2. The van der Waals surface area contributed by atoms with Crippen molar-refractivity contribution >= 4 is 35.6 Å². The van der Waals surface area contributed by atoms with E-state index in [1.165, 1.54) is 24.3 Å². The second-order valence-corrected chi connectivity index (χ2v) is 8.56. The minimum absolute atomic E-state index is 0. The molecule has 3 rings (SSSR count). The molecule has 0 bridgehead atoms. The van der Waals surface area contributed by atoms with Crippen LogP contribution < -0.4 is 15.5 Å². The van der Waals surface area contributed by atoms with Crippen LogP contribution in [-0.4, -0.2) is 73.0 Å². The van der Waals surface area contributed by atoms with E-state index in [1.807, 2.05) is 6.92 Å². The van der Waals surface area contributed by atoms with Crippen molar-refractivity contribution in [3.8, 4) is 0 Å². The first-order valence-electron chi connectivity index (χ1n) is 12.2. The van der Waals surface area contributed by atoms with Crippen molar-refractivity contribution in [2.45, 2.75) is 46.6 Å². The van der Waals surface area contributed by atoms with E-state index >= 15 is 0 Å². The van der Waals surface area contributed by atoms with Crippen LogP contribution in [0.4, 0.5) is 5.69 Å². The van der Waals surface area contributed by atoms with Crippen molar-refractivity contribution in [3.63, 3.8) is 0 Å². The van der Waals surface area contributed by atoms with E-state index < -0.39 is 0 Å². The molecule has 1 aliphatic rings. The number of aryl methyl sites for hydroxylation is 3. The van der Waals surface area contributed by atoms with Crippen molar-refractivity contribution in [1.29, 1.82) is 0 Å². The quantitative estimate of drug-likeness (QED) is 0.188. The Balaban J connectivity index is 0.00000385. The first kappa shape index (κ1) is 27.4. The van der Waals surface area contributed by atoms with Crippen molar-refractivity contribution in [3.05, 3.63) is 47.8 Å². The number of unbranched alkanes of at least 4 members (excludes halogenated alkanes) is 1. The van der Waals surface area contributed by atoms with Crippen LogP contribution in [0.2, 0.25) is 0 Å². The molecule has 8 heteroatoms. The summed E-state index contributed by atoms with van der Waals surface area (Å²) < 4.78 is 2.07. The molecule has 2 aromatic rings. The summed E-state index contributed by atoms with van der Waals surface area (Å²) in [6.07, 6.45) is 3.37. The average Bonchev–Trinajstić information content (AvgIpc) is 3.14. The van der Waals surface area contributed by atoms with Crippen LogP contribution in [-0.2, 0) is 6.54 Å². The molecule has 1 aromatic carbocycles. The third-order valence-corrected chi connectivity index (χ3v) is 5.93. The topological polar surface area (TPSA) is 60.7 Å². The average molecular weight is 568 g/mol. The fraction of sp³-hybridized carbons (Fsp3) is 0.600. The number of aliphatic imine (C=N–C) groups is 1. The summed E-state index contributed by atoms with van der Waals surface area (Å²) in [6.45, 7) is 15.6. The number of para-hydroxylation sites is 1. The zero-order valence-corrected chi connectivity index (χ0v) is 22.9. The summed E-state index contributed by atoms with van der Waals surface area (Å²) in [5.74, 6) is 0.928. The number of nitrogens with one attached hydrogen (secondary N) is 2. The van der Waals surface area contributed by atoms with E-state index in [4.69, 9.17) is 4.99 Å². The summed E-state index contributed by atoms with van der Waals surface area (Å²) in [5.41, 5.74) is 3.65. The van der Waals surface area contributed by atoms with Gasteiger partial charge >= 0.3 is 0 Å². The van der Waals surface area contributed by atoms with Crippen LogP contribution in [0, 0.1) is 13.8 Å². The normalized spacial score (nSPS) is 14.8. The molecule has 1 fully saturated rings. The van der Waals surface area contributed by atoms with E-state index in [2.05, 4.69) is 80.5 Å². The highest BCUT2D eigenvalue weighted by Crippen LogP contribution is 2.15. The molecule has 1 aromatic heterocycles. The van der Waals surface area contributed by atoms with Gasteiger partial charge in [-0.05, 0) is 64.8 Å². The van der Waals surface area contributed by atoms with Gasteiger partial charge in [0, 0.05) is 63.7 Å². The third kappa shape index (κ3) is 9.52. The van der Waals surface area contributed by atoms with Crippen LogP contribution in [0.25, 0.3) is 0 Å². The van der Waals surface area contributed by atoms with Gasteiger partial charge < -0.3 is 15.5 Å². The van der Waals surface area contributed by atoms with Gasteiger partial charge in [0.2, 0.25) is 0 Å². The van der Waals surface area contributed by atoms with Crippen molar-refractivity contribution < 1.29 is 0 Å². The lowest BCUT2D eigenvalue weighted by Gasteiger charge is -2.36. The summed E-state index contributed by atoms with van der Waals surface area (Å²) >= 11 is 0. The summed E-state index contributed by atoms with van der Waals surface area (Å²) in [6, 6.07) is 12.9. The largest absolute Gasteiger partial charge is 0.369 e. The van der Waals surface area contributed by atoms with E-state index in [0.717, 1.165) is 76.9 Å². The van der Waals surface area contributed by atoms with Gasteiger partial charge in [-0.3, -0.25) is 14.6 Å². The molecule has 1 saturated heterocycles. The standard InChI is InChI=1S/C25H41N7.HI/c1-4-26-25(28-14-10-16-32-23(3)21-22(2)29-32)27-13-8-9-15-30-17-19-31(20-18-30)24-11-6-5-7-12-24;/h5-7,11-12,21H,4,8-10,13-20H2,1-3H3,(H2,26,27,28);1H. The third-order valence-electron chi connectivity index (χ3n) is 5.93. The fourth-order valence-corrected chi connectivity index (χ4v) is 4.19. The van der Waals surface area contributed by atoms with E-state index in [9.17, 15) is 0 Å². The van der Waals surface area contributed by atoms with E-state index in [0.29, 0.717) is 0 Å². The lowest BCUT2D eigenvalue weighted by Crippen LogP contribution is -2.46. The van der Waals surface area contributed by atoms with Crippen LogP contribution in [0.3, 0.4) is 0 Å². The first-order chi connectivity index (χ1) is 15.7. The summed E-state index contributed by atoms with van der Waals surface area (Å²) in [5, 5.41) is 11.4. The number of nitrogens with zero attached hydrogens (tertiary/aromatic N) is 5. The Morgan fingerprint density at radius 3 is 2.39 bits per heavy atom. The van der Waals surface area contributed by atoms with Crippen LogP contribution in [0.15, 0.2) is 41.4 Å². The molecule has 0 amide bonds. The predicted molar refractivity (Wildman–Crippen MR) is 150 cm³/mol. The number of piperazine rings is 1. The highest BCUT2D eigenvalue weighted by atomic mass is 127. The molecule has 0 radical (unpaired) electrons. The fourth-order valence-electron chi connectivity index (χ4n) is 4.19. The van der Waals surface area contributed by atoms with Gasteiger partial charge in [-0.2, -0.15) is 5.10 Å². The number of benzene rings is 1. The second-order valence-electron chi connectivity index (χ2n) is 8.56. The second kappa shape index (κ2) is 15.2. The van der Waals surface area contributed by atoms with Crippen molar-refractivity contribution in [1.82, 2.24) is 25.3 Å². The molecule has 0 saturated carbocycles. The molecule has 2 N–H and O–H groups in total. The van der Waals surface area contributed by atoms with E-state index in [1.54, 1.807) is 0 Å². The minimum Gasteiger partial charge on any atom is -0.369 e. The first-order valence-corrected chi connectivity index (χ1v) is 12.2. The van der Waals surface area contributed by atoms with Gasteiger partial charge in [-0.25, -0.2) is 0 Å². The minimum atomic E-state index is 0. The van der Waals surface area contributed by atoms with Crippen molar-refractivity contribution in [2.24, 2.45) is 4.99 Å². The maximum Gasteiger partial charge on any atom is 0.191 e. The molecule has 7 nitrogen and oxygen atoms in total. The molecule has 0 aliphatic carbocycles. The van der Waals surface area contributed by atoms with Crippen molar-refractivity contribution in [2.75, 3.05) is 57.3 Å². The lowest BCUT2D eigenvalue weighted by molar-refractivity contribution is 0.253. The lowest BCUT2D eigenvalue weighted by atomic mass is 10.2. The Hall–Kier alpha value is -1.81. The zero-order valence-electron chi connectivity index (χ0n) is 20.6. The summed E-state index contributed by atoms with van der Waals surface area (Å²) in [4.78, 5) is 9.81. The highest BCUT2D eigenvalue weighted by Gasteiger charge is 2.16. The summed E-state index contributed by atoms with van der Waals surface area (Å²) in [7, 11) is 0. The Labute approximate surface area is 217 Å².